The lowest BCUT2D eigenvalue weighted by molar-refractivity contribution is -0.384. The minimum Gasteiger partial charge on any atom is -0.508 e. The Hall–Kier alpha value is -5.35. The highest BCUT2D eigenvalue weighted by Gasteiger charge is 2.52. The summed E-state index contributed by atoms with van der Waals surface area (Å²) in [7, 11) is 9.25. The second-order valence-electron chi connectivity index (χ2n) is 17.7. The number of anilines is 1. The number of phenols is 1. The van der Waals surface area contributed by atoms with Gasteiger partial charge in [-0.3, -0.25) is 19.9 Å². The molecule has 0 radical (unpaired) electrons. The number of nitro groups is 1. The molecule has 0 unspecified atom stereocenters. The Morgan fingerprint density at radius 1 is 0.758 bits per heavy atom. The number of piperazine rings is 1. The molecule has 1 heterocycles. The first-order valence-corrected chi connectivity index (χ1v) is 22.1. The van der Waals surface area contributed by atoms with Crippen LogP contribution in [-0.4, -0.2) is 105 Å². The molecule has 9 rings (SSSR count). The number of rotatable bonds is 15. The Labute approximate surface area is 368 Å². The van der Waals surface area contributed by atoms with Gasteiger partial charge in [0.05, 0.1) is 38.0 Å². The number of hydrogen-bond acceptors (Lipinski definition) is 11. The number of likely N-dealkylation sites (N-methyl/N-ethyl adjacent to an activating group) is 1. The van der Waals surface area contributed by atoms with Crippen LogP contribution in [0.2, 0.25) is 0 Å². The van der Waals surface area contributed by atoms with E-state index in [0.717, 1.165) is 99.3 Å². The topological polar surface area (TPSA) is 128 Å². The maximum absolute atomic E-state index is 10.7. The van der Waals surface area contributed by atoms with Crippen molar-refractivity contribution in [2.24, 2.45) is 17.8 Å². The van der Waals surface area contributed by atoms with Crippen molar-refractivity contribution in [3.05, 3.63) is 118 Å². The van der Waals surface area contributed by atoms with Crippen LogP contribution in [-0.2, 0) is 19.5 Å². The van der Waals surface area contributed by atoms with Gasteiger partial charge in [0.2, 0.25) is 0 Å². The lowest BCUT2D eigenvalue weighted by atomic mass is 9.52. The van der Waals surface area contributed by atoms with E-state index in [-0.39, 0.29) is 10.6 Å². The summed E-state index contributed by atoms with van der Waals surface area (Å²) in [6, 6.07) is 30.5. The van der Waals surface area contributed by atoms with Gasteiger partial charge in [-0.15, -0.1) is 0 Å². The first-order valence-electron chi connectivity index (χ1n) is 22.1. The molecule has 1 saturated heterocycles. The fourth-order valence-corrected chi connectivity index (χ4v) is 10.4. The average Bonchev–Trinajstić information content (AvgIpc) is 3.28. The molecule has 332 valence electrons. The van der Waals surface area contributed by atoms with E-state index in [9.17, 15) is 15.2 Å². The van der Waals surface area contributed by atoms with Gasteiger partial charge < -0.3 is 29.1 Å². The normalized spacial score (nSPS) is 21.3. The van der Waals surface area contributed by atoms with Crippen LogP contribution in [0.3, 0.4) is 0 Å². The predicted octanol–water partition coefficient (Wildman–Crippen LogP) is 8.81. The van der Waals surface area contributed by atoms with Crippen LogP contribution in [0.4, 0.5) is 11.4 Å². The zero-order chi connectivity index (χ0) is 44.1. The summed E-state index contributed by atoms with van der Waals surface area (Å²) in [4.78, 5) is 19.8. The average molecular weight is 847 g/mol. The van der Waals surface area contributed by atoms with Crippen molar-refractivity contribution in [3.63, 3.8) is 0 Å². The van der Waals surface area contributed by atoms with Gasteiger partial charge >= 0.3 is 0 Å². The maximum Gasteiger partial charge on any atom is 0.269 e. The zero-order valence-corrected chi connectivity index (χ0v) is 37.4. The number of nitro benzene ring substituents is 1. The van der Waals surface area contributed by atoms with Crippen LogP contribution in [0.15, 0.2) is 91.0 Å². The van der Waals surface area contributed by atoms with Gasteiger partial charge in [-0.2, -0.15) is 5.26 Å². The highest BCUT2D eigenvalue weighted by Crippen LogP contribution is 2.57. The minimum absolute atomic E-state index is 0.117. The minimum atomic E-state index is -0.384. The summed E-state index contributed by atoms with van der Waals surface area (Å²) in [5.41, 5.74) is 5.24. The number of nitrogens with zero attached hydrogens (tertiary/aromatic N) is 6. The monoisotopic (exact) mass is 847 g/mol. The first-order chi connectivity index (χ1) is 30.0. The van der Waals surface area contributed by atoms with Gasteiger partial charge in [0.25, 0.3) is 5.69 Å². The largest absolute Gasteiger partial charge is 0.508 e. The maximum atomic E-state index is 10.7. The fraction of sp³-hybridized carbons (Fsp3) is 0.500. The number of nitriles is 1. The third-order valence-electron chi connectivity index (χ3n) is 13.3. The number of phenolic OH excluding ortho intramolecular Hbond substituents is 1. The number of methoxy groups -OCH3 is 3. The van der Waals surface area contributed by atoms with Crippen molar-refractivity contribution >= 4 is 11.4 Å². The summed E-state index contributed by atoms with van der Waals surface area (Å²) in [5.74, 6) is 5.75. The van der Waals surface area contributed by atoms with Gasteiger partial charge in [-0.25, -0.2) is 0 Å². The van der Waals surface area contributed by atoms with E-state index in [1.807, 2.05) is 49.5 Å². The Balaban J connectivity index is 0.000000158. The second-order valence-corrected chi connectivity index (χ2v) is 17.7. The Morgan fingerprint density at radius 2 is 1.34 bits per heavy atom. The van der Waals surface area contributed by atoms with Gasteiger partial charge in [0.15, 0.2) is 11.5 Å². The number of non-ortho nitro benzene ring substituents is 1. The van der Waals surface area contributed by atoms with Crippen LogP contribution in [0, 0.1) is 39.2 Å². The Kier molecular flexibility index (Phi) is 16.5. The zero-order valence-electron chi connectivity index (χ0n) is 37.4. The molecule has 62 heavy (non-hydrogen) atoms. The number of hydrogen-bond donors (Lipinski definition) is 1. The number of aromatic hydroxyl groups is 1. The fourth-order valence-electron chi connectivity index (χ4n) is 10.4. The van der Waals surface area contributed by atoms with Gasteiger partial charge in [-0.1, -0.05) is 42.5 Å². The Morgan fingerprint density at radius 3 is 1.92 bits per heavy atom. The molecule has 4 aromatic carbocycles. The molecule has 1 aliphatic heterocycles. The molecule has 0 aromatic heterocycles. The summed E-state index contributed by atoms with van der Waals surface area (Å²) in [6.45, 7) is 7.56. The molecule has 1 N–H and O–H groups in total. The van der Waals surface area contributed by atoms with Crippen molar-refractivity contribution in [2.75, 3.05) is 79.6 Å². The quantitative estimate of drug-likeness (QED) is 0.0911. The van der Waals surface area contributed by atoms with Crippen molar-refractivity contribution in [2.45, 2.75) is 70.0 Å². The standard InChI is InChI=1S/C18H22N2O4.C18H22N2O2.C14H22N2/c1-19(13-15-4-7-16(8-5-15)20(21)22)11-10-14-6-9-17(23-2)18(12-14)24-3;1-22-18-5-3-2-4-17(18)20-12-10-19(11-13-20)14-15-6-8-16(21)9-7-15;1-16(4-2-3-15)14-8-11-5-12(9-14)7-13(6-11)10-14/h4-9,12H,10-11,13H2,1-3H3;2-9,21H,10-14H2,1H3;11-13H,2,4-10H2,1H3. The van der Waals surface area contributed by atoms with Crippen LogP contribution >= 0.6 is 0 Å². The summed E-state index contributed by atoms with van der Waals surface area (Å²) < 4.78 is 16.0. The number of ether oxygens (including phenoxy) is 3. The highest BCUT2D eigenvalue weighted by atomic mass is 16.6. The van der Waals surface area contributed by atoms with Crippen molar-refractivity contribution < 1.29 is 24.2 Å². The van der Waals surface area contributed by atoms with E-state index in [4.69, 9.17) is 19.5 Å². The lowest BCUT2D eigenvalue weighted by Gasteiger charge is -2.60. The van der Waals surface area contributed by atoms with E-state index in [0.29, 0.717) is 17.7 Å². The van der Waals surface area contributed by atoms with E-state index < -0.39 is 0 Å². The molecule has 4 aromatic rings. The SMILES string of the molecule is CN(CCC#N)C12CC3CC(CC(C3)C1)C2.COc1ccc(CCN(C)Cc2ccc([N+](=O)[O-])cc2)cc1OC.COc1ccccc1N1CCN(Cc2ccc(O)cc2)CC1. The van der Waals surface area contributed by atoms with E-state index in [2.05, 4.69) is 44.8 Å². The van der Waals surface area contributed by atoms with Crippen LogP contribution < -0.4 is 19.1 Å². The first kappa shape index (κ1) is 46.2. The third-order valence-corrected chi connectivity index (χ3v) is 13.3. The molecule has 5 fully saturated rings. The second kappa shape index (κ2) is 22.1. The summed E-state index contributed by atoms with van der Waals surface area (Å²) in [5, 5.41) is 28.7. The van der Waals surface area contributed by atoms with Gasteiger partial charge in [0.1, 0.15) is 11.5 Å². The van der Waals surface area contributed by atoms with Crippen LogP contribution in [0.1, 0.15) is 61.6 Å². The predicted molar refractivity (Wildman–Crippen MR) is 245 cm³/mol. The van der Waals surface area contributed by atoms with Gasteiger partial charge in [0, 0.05) is 76.5 Å². The summed E-state index contributed by atoms with van der Waals surface area (Å²) >= 11 is 0. The molecular weight excluding hydrogens is 781 g/mol. The molecule has 12 nitrogen and oxygen atoms in total. The third kappa shape index (κ3) is 12.4. The molecule has 5 aliphatic rings. The molecule has 4 aliphatic carbocycles. The molecule has 12 heteroatoms. The molecular formula is C50H66N6O6. The van der Waals surface area contributed by atoms with E-state index >= 15 is 0 Å². The van der Waals surface area contributed by atoms with Crippen LogP contribution in [0.5, 0.6) is 23.0 Å². The van der Waals surface area contributed by atoms with E-state index in [1.165, 1.54) is 67.5 Å². The van der Waals surface area contributed by atoms with Crippen LogP contribution in [0.25, 0.3) is 0 Å². The number of para-hydroxylation sites is 2. The smallest absolute Gasteiger partial charge is 0.269 e. The number of benzene rings is 4. The molecule has 4 saturated carbocycles. The Bertz CT molecular complexity index is 2030. The lowest BCUT2D eigenvalue weighted by Crippen LogP contribution is -2.58. The van der Waals surface area contributed by atoms with Crippen molar-refractivity contribution in [1.82, 2.24) is 14.7 Å². The molecule has 0 amide bonds. The molecule has 0 spiro atoms. The molecule has 0 atom stereocenters. The van der Waals surface area contributed by atoms with Gasteiger partial charge in [-0.05, 0) is 130 Å². The van der Waals surface area contributed by atoms with E-state index in [1.54, 1.807) is 45.6 Å². The highest BCUT2D eigenvalue weighted by molar-refractivity contribution is 5.58. The van der Waals surface area contributed by atoms with Crippen molar-refractivity contribution in [1.29, 1.82) is 5.26 Å². The summed E-state index contributed by atoms with van der Waals surface area (Å²) in [6.07, 6.45) is 10.3. The van der Waals surface area contributed by atoms with Crippen molar-refractivity contribution in [3.8, 4) is 29.1 Å². The molecule has 4 bridgehead atoms.